The van der Waals surface area contributed by atoms with Gasteiger partial charge in [0.1, 0.15) is 0 Å². The minimum absolute atomic E-state index is 0.401. The maximum atomic E-state index is 4.26. The molecule has 1 aliphatic rings. The van der Waals surface area contributed by atoms with Gasteiger partial charge in [-0.3, -0.25) is 4.68 Å². The lowest BCUT2D eigenvalue weighted by molar-refractivity contribution is 0.350. The van der Waals surface area contributed by atoms with E-state index in [9.17, 15) is 0 Å². The molecule has 20 heavy (non-hydrogen) atoms. The average molecular weight is 269 g/mol. The molecule has 1 aromatic carbocycles. The van der Waals surface area contributed by atoms with Crippen LogP contribution in [0.25, 0.3) is 0 Å². The summed E-state index contributed by atoms with van der Waals surface area (Å²) in [6.07, 6.45) is 7.75. The average Bonchev–Trinajstić information content (AvgIpc) is 3.01. The number of benzene rings is 1. The fraction of sp³-hybridized carbons (Fsp3) is 0.471. The van der Waals surface area contributed by atoms with E-state index < -0.39 is 0 Å². The van der Waals surface area contributed by atoms with E-state index >= 15 is 0 Å². The third-order valence-electron chi connectivity index (χ3n) is 4.43. The first kappa shape index (κ1) is 13.2. The monoisotopic (exact) mass is 269 g/mol. The molecule has 1 atom stereocenters. The van der Waals surface area contributed by atoms with Gasteiger partial charge in [-0.25, -0.2) is 0 Å². The van der Waals surface area contributed by atoms with Crippen LogP contribution in [0.5, 0.6) is 0 Å². The number of hydrogen-bond donors (Lipinski definition) is 1. The Hall–Kier alpha value is -1.77. The summed E-state index contributed by atoms with van der Waals surface area (Å²) < 4.78 is 1.96. The summed E-state index contributed by atoms with van der Waals surface area (Å²) in [5.41, 5.74) is 2.92. The van der Waals surface area contributed by atoms with Gasteiger partial charge in [0.25, 0.3) is 0 Å². The van der Waals surface area contributed by atoms with Crippen LogP contribution < -0.4 is 5.32 Å². The van der Waals surface area contributed by atoms with Crippen LogP contribution in [-0.2, 0) is 6.54 Å². The quantitative estimate of drug-likeness (QED) is 0.911. The zero-order valence-corrected chi connectivity index (χ0v) is 12.3. The predicted octanol–water partition coefficient (Wildman–Crippen LogP) is 3.92. The van der Waals surface area contributed by atoms with Gasteiger partial charge in [-0.15, -0.1) is 0 Å². The standard InChI is InChI=1S/C17H23N3/c1-17(2)9-4-8-16(17)19-15-7-3-6-14(12-15)13-20-11-5-10-18-20/h3,5-7,10-12,16,19H,4,8-9,13H2,1-2H3. The SMILES string of the molecule is CC1(C)CCCC1Nc1cccc(Cn2cccn2)c1. The van der Waals surface area contributed by atoms with Crippen LogP contribution in [0.4, 0.5) is 5.69 Å². The number of hydrogen-bond acceptors (Lipinski definition) is 2. The zero-order valence-electron chi connectivity index (χ0n) is 12.3. The van der Waals surface area contributed by atoms with Gasteiger partial charge in [-0.2, -0.15) is 5.10 Å². The largest absolute Gasteiger partial charge is 0.382 e. The normalized spacial score (nSPS) is 21.0. The van der Waals surface area contributed by atoms with Crippen molar-refractivity contribution in [1.29, 1.82) is 0 Å². The van der Waals surface area contributed by atoms with Crippen LogP contribution in [0.2, 0.25) is 0 Å². The van der Waals surface area contributed by atoms with Crippen molar-refractivity contribution in [3.8, 4) is 0 Å². The van der Waals surface area contributed by atoms with E-state index in [2.05, 4.69) is 48.5 Å². The van der Waals surface area contributed by atoms with Gasteiger partial charge in [-0.05, 0) is 42.0 Å². The molecule has 2 aromatic rings. The lowest BCUT2D eigenvalue weighted by Gasteiger charge is -2.29. The molecule has 0 amide bonds. The van der Waals surface area contributed by atoms with Crippen LogP contribution in [-0.4, -0.2) is 15.8 Å². The van der Waals surface area contributed by atoms with Crippen LogP contribution in [0.15, 0.2) is 42.7 Å². The maximum absolute atomic E-state index is 4.26. The second kappa shape index (κ2) is 5.31. The maximum Gasteiger partial charge on any atom is 0.0660 e. The highest BCUT2D eigenvalue weighted by atomic mass is 15.3. The summed E-state index contributed by atoms with van der Waals surface area (Å²) in [4.78, 5) is 0. The van der Waals surface area contributed by atoms with Crippen molar-refractivity contribution in [3.05, 3.63) is 48.3 Å². The molecule has 3 rings (SSSR count). The molecule has 1 saturated carbocycles. The van der Waals surface area contributed by atoms with Gasteiger partial charge < -0.3 is 5.32 Å². The van der Waals surface area contributed by atoms with Crippen molar-refractivity contribution in [2.75, 3.05) is 5.32 Å². The van der Waals surface area contributed by atoms with Gasteiger partial charge in [0.2, 0.25) is 0 Å². The first-order chi connectivity index (χ1) is 9.63. The highest BCUT2D eigenvalue weighted by Crippen LogP contribution is 2.39. The Labute approximate surface area is 121 Å². The van der Waals surface area contributed by atoms with E-state index in [0.717, 1.165) is 6.54 Å². The third kappa shape index (κ3) is 2.87. The number of aromatic nitrogens is 2. The molecule has 0 radical (unpaired) electrons. The van der Waals surface area contributed by atoms with E-state index in [4.69, 9.17) is 0 Å². The molecule has 1 fully saturated rings. The minimum atomic E-state index is 0.401. The van der Waals surface area contributed by atoms with Crippen molar-refractivity contribution >= 4 is 5.69 Å². The molecule has 0 aliphatic heterocycles. The molecule has 1 unspecified atom stereocenters. The van der Waals surface area contributed by atoms with E-state index in [0.29, 0.717) is 11.5 Å². The Bertz CT molecular complexity index is 557. The summed E-state index contributed by atoms with van der Waals surface area (Å²) in [6, 6.07) is 11.2. The highest BCUT2D eigenvalue weighted by molar-refractivity contribution is 5.47. The lowest BCUT2D eigenvalue weighted by Crippen LogP contribution is -2.30. The predicted molar refractivity (Wildman–Crippen MR) is 82.8 cm³/mol. The Balaban J connectivity index is 1.71. The van der Waals surface area contributed by atoms with E-state index in [1.807, 2.05) is 23.1 Å². The van der Waals surface area contributed by atoms with Crippen LogP contribution in [0, 0.1) is 5.41 Å². The number of anilines is 1. The topological polar surface area (TPSA) is 29.9 Å². The van der Waals surface area contributed by atoms with Crippen LogP contribution in [0.1, 0.15) is 38.7 Å². The van der Waals surface area contributed by atoms with Gasteiger partial charge in [0, 0.05) is 24.1 Å². The number of nitrogens with zero attached hydrogens (tertiary/aromatic N) is 2. The van der Waals surface area contributed by atoms with Gasteiger partial charge in [0.05, 0.1) is 6.54 Å². The second-order valence-corrected chi connectivity index (χ2v) is 6.48. The Morgan fingerprint density at radius 1 is 1.35 bits per heavy atom. The van der Waals surface area contributed by atoms with Crippen molar-refractivity contribution in [1.82, 2.24) is 9.78 Å². The van der Waals surface area contributed by atoms with Crippen molar-refractivity contribution < 1.29 is 0 Å². The van der Waals surface area contributed by atoms with Crippen molar-refractivity contribution in [2.24, 2.45) is 5.41 Å². The Morgan fingerprint density at radius 3 is 2.95 bits per heavy atom. The van der Waals surface area contributed by atoms with E-state index in [1.165, 1.54) is 30.5 Å². The van der Waals surface area contributed by atoms with E-state index in [-0.39, 0.29) is 0 Å². The first-order valence-electron chi connectivity index (χ1n) is 7.46. The number of nitrogens with one attached hydrogen (secondary N) is 1. The highest BCUT2D eigenvalue weighted by Gasteiger charge is 2.34. The molecule has 1 N–H and O–H groups in total. The minimum Gasteiger partial charge on any atom is -0.382 e. The molecule has 1 aliphatic carbocycles. The van der Waals surface area contributed by atoms with Crippen LogP contribution in [0.3, 0.4) is 0 Å². The zero-order chi connectivity index (χ0) is 14.0. The summed E-state index contributed by atoms with van der Waals surface area (Å²) in [5, 5.41) is 7.99. The first-order valence-corrected chi connectivity index (χ1v) is 7.46. The summed E-state index contributed by atoms with van der Waals surface area (Å²) in [5.74, 6) is 0. The fourth-order valence-electron chi connectivity index (χ4n) is 3.14. The van der Waals surface area contributed by atoms with E-state index in [1.54, 1.807) is 0 Å². The molecule has 106 valence electrons. The molecular formula is C17H23N3. The van der Waals surface area contributed by atoms with Gasteiger partial charge >= 0.3 is 0 Å². The van der Waals surface area contributed by atoms with Crippen molar-refractivity contribution in [3.63, 3.8) is 0 Å². The fourth-order valence-corrected chi connectivity index (χ4v) is 3.14. The second-order valence-electron chi connectivity index (χ2n) is 6.48. The molecule has 0 spiro atoms. The summed E-state index contributed by atoms with van der Waals surface area (Å²) in [7, 11) is 0. The van der Waals surface area contributed by atoms with Gasteiger partial charge in [-0.1, -0.05) is 32.4 Å². The lowest BCUT2D eigenvalue weighted by atomic mass is 9.87. The van der Waals surface area contributed by atoms with Gasteiger partial charge in [0.15, 0.2) is 0 Å². The molecule has 3 nitrogen and oxygen atoms in total. The Kier molecular flexibility index (Phi) is 3.51. The summed E-state index contributed by atoms with van der Waals surface area (Å²) in [6.45, 7) is 5.56. The molecular weight excluding hydrogens is 246 g/mol. The smallest absolute Gasteiger partial charge is 0.0660 e. The third-order valence-corrected chi connectivity index (χ3v) is 4.43. The molecule has 3 heteroatoms. The van der Waals surface area contributed by atoms with Crippen molar-refractivity contribution in [2.45, 2.75) is 45.7 Å². The molecule has 0 bridgehead atoms. The molecule has 1 heterocycles. The number of rotatable bonds is 4. The molecule has 1 aromatic heterocycles. The molecule has 0 saturated heterocycles. The summed E-state index contributed by atoms with van der Waals surface area (Å²) >= 11 is 0. The van der Waals surface area contributed by atoms with Crippen LogP contribution >= 0.6 is 0 Å². The Morgan fingerprint density at radius 2 is 2.25 bits per heavy atom.